The van der Waals surface area contributed by atoms with Crippen molar-refractivity contribution in [2.24, 2.45) is 0 Å². The molecular formula is C40H26N4O3. The molecule has 0 saturated heterocycles. The first-order valence-electron chi connectivity index (χ1n) is 15.4. The molecule has 7 heteroatoms. The molecule has 0 atom stereocenters. The zero-order valence-electron chi connectivity index (χ0n) is 25.3. The van der Waals surface area contributed by atoms with E-state index in [1.165, 1.54) is 0 Å². The Labute approximate surface area is 269 Å². The minimum absolute atomic E-state index is 0.0214. The van der Waals surface area contributed by atoms with Crippen LogP contribution in [0.25, 0.3) is 65.9 Å². The van der Waals surface area contributed by atoms with Crippen LogP contribution in [0.2, 0.25) is 0 Å². The first kappa shape index (κ1) is 28.2. The summed E-state index contributed by atoms with van der Waals surface area (Å²) in [5.41, 5.74) is 6.52. The lowest BCUT2D eigenvalue weighted by molar-refractivity contribution is 0.0522. The van der Waals surface area contributed by atoms with Crippen LogP contribution in [-0.2, 0) is 4.74 Å². The smallest absolute Gasteiger partial charge is 0.357 e. The van der Waals surface area contributed by atoms with Crippen molar-refractivity contribution in [2.45, 2.75) is 6.92 Å². The highest BCUT2D eigenvalue weighted by Gasteiger charge is 2.28. The van der Waals surface area contributed by atoms with E-state index in [1.807, 2.05) is 115 Å². The topological polar surface area (TPSA) is 94.9 Å². The maximum absolute atomic E-state index is 12.8. The van der Waals surface area contributed by atoms with E-state index in [1.54, 1.807) is 19.3 Å². The summed E-state index contributed by atoms with van der Waals surface area (Å²) in [7, 11) is 0. The van der Waals surface area contributed by atoms with Gasteiger partial charge in [-0.25, -0.2) is 14.8 Å². The van der Waals surface area contributed by atoms with Crippen LogP contribution in [0.1, 0.15) is 33.5 Å². The van der Waals surface area contributed by atoms with E-state index in [4.69, 9.17) is 4.74 Å². The number of hydrogen-bond donors (Lipinski definition) is 0. The Kier molecular flexibility index (Phi) is 6.91. The van der Waals surface area contributed by atoms with Gasteiger partial charge in [-0.15, -0.1) is 0 Å². The van der Waals surface area contributed by atoms with Gasteiger partial charge in [-0.05, 0) is 42.0 Å². The number of ketones is 1. The van der Waals surface area contributed by atoms with Crippen molar-refractivity contribution < 1.29 is 14.3 Å². The van der Waals surface area contributed by atoms with Crippen molar-refractivity contribution in [1.29, 1.82) is 0 Å². The number of pyridine rings is 4. The predicted octanol–water partition coefficient (Wildman–Crippen LogP) is 8.62. The molecule has 8 aromatic rings. The Morgan fingerprint density at radius 3 is 1.85 bits per heavy atom. The molecule has 0 bridgehead atoms. The van der Waals surface area contributed by atoms with E-state index in [2.05, 4.69) is 19.9 Å². The highest BCUT2D eigenvalue weighted by atomic mass is 16.5. The zero-order valence-corrected chi connectivity index (χ0v) is 25.3. The van der Waals surface area contributed by atoms with Crippen molar-refractivity contribution >= 4 is 55.1 Å². The second-order valence-electron chi connectivity index (χ2n) is 11.1. The molecule has 0 aliphatic heterocycles. The molecule has 4 heterocycles. The molecule has 0 saturated carbocycles. The molecule has 1 aliphatic rings. The third-order valence-corrected chi connectivity index (χ3v) is 8.39. The highest BCUT2D eigenvalue weighted by molar-refractivity contribution is 6.27. The van der Waals surface area contributed by atoms with Crippen LogP contribution in [-0.4, -0.2) is 38.3 Å². The molecule has 0 fully saturated rings. The fourth-order valence-electron chi connectivity index (χ4n) is 6.35. The Bertz CT molecular complexity index is 2530. The van der Waals surface area contributed by atoms with Gasteiger partial charge in [0.15, 0.2) is 5.69 Å². The summed E-state index contributed by atoms with van der Waals surface area (Å²) in [6.07, 6.45) is 3.58. The largest absolute Gasteiger partial charge is 0.461 e. The lowest BCUT2D eigenvalue weighted by Gasteiger charge is -2.19. The number of carbonyl (C=O) groups excluding carboxylic acids is 2. The van der Waals surface area contributed by atoms with Gasteiger partial charge in [0.2, 0.25) is 5.78 Å². The molecule has 47 heavy (non-hydrogen) atoms. The van der Waals surface area contributed by atoms with Gasteiger partial charge < -0.3 is 4.74 Å². The van der Waals surface area contributed by atoms with Gasteiger partial charge in [0, 0.05) is 50.6 Å². The highest BCUT2D eigenvalue weighted by Crippen LogP contribution is 2.39. The second kappa shape index (κ2) is 11.5. The number of esters is 1. The molecule has 1 aliphatic carbocycles. The third kappa shape index (κ3) is 4.68. The van der Waals surface area contributed by atoms with Crippen LogP contribution in [0.4, 0.5) is 0 Å². The summed E-state index contributed by atoms with van der Waals surface area (Å²) < 4.78 is 5.25. The van der Waals surface area contributed by atoms with Gasteiger partial charge in [0.05, 0.1) is 29.0 Å². The number of benzene rings is 4. The van der Waals surface area contributed by atoms with Gasteiger partial charge in [0.1, 0.15) is 5.69 Å². The first-order chi connectivity index (χ1) is 23.1. The number of aromatic nitrogens is 4. The monoisotopic (exact) mass is 610 g/mol. The molecule has 4 aromatic carbocycles. The fraction of sp³-hybridized carbons (Fsp3) is 0.0500. The number of ether oxygens (including phenoxy) is 1. The normalized spacial score (nSPS) is 11.7. The minimum Gasteiger partial charge on any atom is -0.461 e. The predicted molar refractivity (Wildman–Crippen MR) is 184 cm³/mol. The molecular weight excluding hydrogens is 584 g/mol. The average Bonchev–Trinajstić information content (AvgIpc) is 3.14. The molecule has 0 unspecified atom stereocenters. The van der Waals surface area contributed by atoms with Crippen molar-refractivity contribution in [1.82, 2.24) is 19.9 Å². The van der Waals surface area contributed by atoms with Crippen LogP contribution in [0.3, 0.4) is 0 Å². The SMILES string of the molecule is CCOC(=O)c1nc2ccccc2c2ccnc(-c3ccccc3)c12.O=C1c2ccccc2-c2nccc3c2c1nc1ccccc13. The summed E-state index contributed by atoms with van der Waals surface area (Å²) >= 11 is 0. The number of rotatable bonds is 3. The molecule has 0 spiro atoms. The van der Waals surface area contributed by atoms with Crippen molar-refractivity contribution in [2.75, 3.05) is 6.61 Å². The van der Waals surface area contributed by atoms with Crippen molar-refractivity contribution in [3.05, 3.63) is 145 Å². The maximum atomic E-state index is 12.8. The quantitative estimate of drug-likeness (QED) is 0.146. The Hall–Kier alpha value is -6.34. The van der Waals surface area contributed by atoms with Gasteiger partial charge in [-0.3, -0.25) is 14.8 Å². The van der Waals surface area contributed by atoms with Crippen LogP contribution < -0.4 is 0 Å². The fourth-order valence-corrected chi connectivity index (χ4v) is 6.35. The van der Waals surface area contributed by atoms with Crippen LogP contribution in [0.15, 0.2) is 128 Å². The van der Waals surface area contributed by atoms with E-state index in [0.717, 1.165) is 65.9 Å². The van der Waals surface area contributed by atoms with Crippen molar-refractivity contribution in [3.63, 3.8) is 0 Å². The standard InChI is InChI=1S/C21H16N2O2.C19H10N2O/c1-2-25-21(24)20-18-16(15-10-6-7-11-17(15)23-20)12-13-22-19(18)14-8-4-3-5-9-14;22-19-14-7-2-1-6-13(14)17-16-12(9-10-20-17)11-5-3-4-8-15(11)21-18(16)19/h3-13H,2H2,1H3;1-10H. The Balaban J connectivity index is 0.000000139. The molecule has 0 radical (unpaired) electrons. The summed E-state index contributed by atoms with van der Waals surface area (Å²) in [6.45, 7) is 2.09. The van der Waals surface area contributed by atoms with Gasteiger partial charge in [-0.2, -0.15) is 0 Å². The first-order valence-corrected chi connectivity index (χ1v) is 15.4. The summed E-state index contributed by atoms with van der Waals surface area (Å²) in [5.74, 6) is -0.449. The lowest BCUT2D eigenvalue weighted by Crippen LogP contribution is -2.13. The number of nitrogens with zero attached hydrogens (tertiary/aromatic N) is 4. The molecule has 4 aromatic heterocycles. The summed E-state index contributed by atoms with van der Waals surface area (Å²) in [5, 5.41) is 5.62. The van der Waals surface area contributed by atoms with Gasteiger partial charge in [-0.1, -0.05) is 91.0 Å². The zero-order chi connectivity index (χ0) is 31.9. The molecule has 0 amide bonds. The molecule has 9 rings (SSSR count). The van der Waals surface area contributed by atoms with E-state index in [9.17, 15) is 9.59 Å². The van der Waals surface area contributed by atoms with E-state index >= 15 is 0 Å². The number of hydrogen-bond acceptors (Lipinski definition) is 7. The van der Waals surface area contributed by atoms with E-state index in [0.29, 0.717) is 23.6 Å². The molecule has 7 nitrogen and oxygen atoms in total. The van der Waals surface area contributed by atoms with Crippen molar-refractivity contribution in [3.8, 4) is 22.5 Å². The van der Waals surface area contributed by atoms with E-state index in [-0.39, 0.29) is 5.78 Å². The van der Waals surface area contributed by atoms with Gasteiger partial charge >= 0.3 is 5.97 Å². The number of para-hydroxylation sites is 2. The summed E-state index contributed by atoms with van der Waals surface area (Å²) in [6, 6.07) is 37.0. The molecule has 224 valence electrons. The Morgan fingerprint density at radius 2 is 1.15 bits per heavy atom. The van der Waals surface area contributed by atoms with Crippen LogP contribution in [0.5, 0.6) is 0 Å². The number of carbonyl (C=O) groups is 2. The molecule has 0 N–H and O–H groups in total. The number of fused-ring (bicyclic) bond motifs is 7. The third-order valence-electron chi connectivity index (χ3n) is 8.39. The lowest BCUT2D eigenvalue weighted by atomic mass is 9.88. The second-order valence-corrected chi connectivity index (χ2v) is 11.1. The van der Waals surface area contributed by atoms with Gasteiger partial charge in [0.25, 0.3) is 0 Å². The minimum atomic E-state index is -0.427. The van der Waals surface area contributed by atoms with Crippen LogP contribution in [0, 0.1) is 0 Å². The van der Waals surface area contributed by atoms with Crippen LogP contribution >= 0.6 is 0 Å². The van der Waals surface area contributed by atoms with E-state index < -0.39 is 5.97 Å². The Morgan fingerprint density at radius 1 is 0.574 bits per heavy atom. The summed E-state index contributed by atoms with van der Waals surface area (Å²) in [4.78, 5) is 43.7. The average molecular weight is 611 g/mol. The maximum Gasteiger partial charge on any atom is 0.357 e.